The fourth-order valence-corrected chi connectivity index (χ4v) is 2.19. The Morgan fingerprint density at radius 3 is 2.53 bits per heavy atom. The van der Waals surface area contributed by atoms with E-state index in [2.05, 4.69) is 5.32 Å². The first-order valence-corrected chi connectivity index (χ1v) is 6.49. The van der Waals surface area contributed by atoms with Gasteiger partial charge in [-0.25, -0.2) is 4.99 Å². The van der Waals surface area contributed by atoms with Crippen molar-refractivity contribution in [3.8, 4) is 0 Å². The van der Waals surface area contributed by atoms with Crippen LogP contribution < -0.4 is 5.32 Å². The molecule has 2 nitrogen and oxygen atoms in total. The molecular weight excluding hydrogens is 256 g/mol. The molecule has 94 valence electrons. The van der Waals surface area contributed by atoms with E-state index in [9.17, 15) is 0 Å². The van der Waals surface area contributed by atoms with Gasteiger partial charge in [-0.2, -0.15) is 0 Å². The summed E-state index contributed by atoms with van der Waals surface area (Å²) in [7, 11) is 0. The molecule has 3 rings (SSSR count). The van der Waals surface area contributed by atoms with E-state index < -0.39 is 0 Å². The third-order valence-corrected chi connectivity index (χ3v) is 3.22. The molecule has 2 aromatic rings. The number of fused-ring (bicyclic) bond motifs is 1. The lowest BCUT2D eigenvalue weighted by Gasteiger charge is -2.05. The normalized spacial score (nSPS) is 13.8. The first-order chi connectivity index (χ1) is 9.22. The Morgan fingerprint density at radius 1 is 1.00 bits per heavy atom. The number of anilines is 1. The van der Waals surface area contributed by atoms with Crippen LogP contribution in [0, 0.1) is 0 Å². The zero-order valence-electron chi connectivity index (χ0n) is 10.5. The molecule has 1 aliphatic rings. The van der Waals surface area contributed by atoms with E-state index in [0.29, 0.717) is 0 Å². The van der Waals surface area contributed by atoms with E-state index in [1.165, 1.54) is 0 Å². The Morgan fingerprint density at radius 2 is 1.74 bits per heavy atom. The highest BCUT2D eigenvalue weighted by molar-refractivity contribution is 6.30. The van der Waals surface area contributed by atoms with E-state index in [1.807, 2.05) is 61.5 Å². The monoisotopic (exact) mass is 268 g/mol. The Balaban J connectivity index is 2.12. The summed E-state index contributed by atoms with van der Waals surface area (Å²) in [5.74, 6) is 0. The summed E-state index contributed by atoms with van der Waals surface area (Å²) < 4.78 is 0. The average Bonchev–Trinajstić information content (AvgIpc) is 2.57. The molecule has 2 aromatic carbocycles. The Kier molecular flexibility index (Phi) is 3.10. The van der Waals surface area contributed by atoms with E-state index >= 15 is 0 Å². The van der Waals surface area contributed by atoms with Gasteiger partial charge in [0.25, 0.3) is 0 Å². The maximum absolute atomic E-state index is 5.92. The van der Waals surface area contributed by atoms with Crippen molar-refractivity contribution in [1.82, 2.24) is 0 Å². The van der Waals surface area contributed by atoms with Gasteiger partial charge in [-0.05, 0) is 37.3 Å². The minimum absolute atomic E-state index is 0.734. The molecule has 0 atom stereocenters. The number of hydrogen-bond donors (Lipinski definition) is 1. The van der Waals surface area contributed by atoms with Crippen molar-refractivity contribution in [2.45, 2.75) is 6.92 Å². The first kappa shape index (κ1) is 12.0. The molecule has 0 aromatic heterocycles. The second kappa shape index (κ2) is 4.90. The van der Waals surface area contributed by atoms with Crippen molar-refractivity contribution in [2.75, 3.05) is 5.32 Å². The van der Waals surface area contributed by atoms with Crippen LogP contribution >= 0.6 is 11.6 Å². The van der Waals surface area contributed by atoms with Crippen molar-refractivity contribution >= 4 is 28.7 Å². The highest BCUT2D eigenvalue weighted by atomic mass is 35.5. The summed E-state index contributed by atoms with van der Waals surface area (Å²) in [6.07, 6.45) is 2.04. The van der Waals surface area contributed by atoms with Gasteiger partial charge in [0.05, 0.1) is 17.1 Å². The molecule has 19 heavy (non-hydrogen) atoms. The molecule has 0 unspecified atom stereocenters. The molecule has 0 saturated carbocycles. The largest absolute Gasteiger partial charge is 0.357 e. The minimum atomic E-state index is 0.734. The highest BCUT2D eigenvalue weighted by Crippen LogP contribution is 2.29. The van der Waals surface area contributed by atoms with Crippen molar-refractivity contribution in [2.24, 2.45) is 4.99 Å². The minimum Gasteiger partial charge on any atom is -0.357 e. The van der Waals surface area contributed by atoms with Crippen molar-refractivity contribution in [3.63, 3.8) is 0 Å². The summed E-state index contributed by atoms with van der Waals surface area (Å²) >= 11 is 5.92. The predicted molar refractivity (Wildman–Crippen MR) is 81.5 cm³/mol. The maximum Gasteiger partial charge on any atom is 0.0871 e. The van der Waals surface area contributed by atoms with E-state index in [1.54, 1.807) is 0 Å². The van der Waals surface area contributed by atoms with Gasteiger partial charge in [0.1, 0.15) is 0 Å². The van der Waals surface area contributed by atoms with E-state index in [-0.39, 0.29) is 0 Å². The lowest BCUT2D eigenvalue weighted by Crippen LogP contribution is -1.99. The second-order valence-corrected chi connectivity index (χ2v) is 4.91. The topological polar surface area (TPSA) is 24.4 Å². The molecule has 1 aliphatic heterocycles. The van der Waals surface area contributed by atoms with E-state index in [4.69, 9.17) is 16.6 Å². The average molecular weight is 269 g/mol. The number of rotatable bonds is 1. The van der Waals surface area contributed by atoms with E-state index in [0.717, 1.165) is 33.4 Å². The molecule has 0 radical (unpaired) electrons. The van der Waals surface area contributed by atoms with Crippen molar-refractivity contribution in [3.05, 3.63) is 70.9 Å². The number of benzene rings is 2. The summed E-state index contributed by atoms with van der Waals surface area (Å²) in [5, 5.41) is 4.09. The molecular formula is C16H13ClN2. The predicted octanol–water partition coefficient (Wildman–Crippen LogP) is 4.79. The molecule has 0 aliphatic carbocycles. The summed E-state index contributed by atoms with van der Waals surface area (Å²) in [6, 6.07) is 15.8. The van der Waals surface area contributed by atoms with Crippen LogP contribution in [0.3, 0.4) is 0 Å². The molecule has 1 heterocycles. The zero-order valence-corrected chi connectivity index (χ0v) is 11.3. The fourth-order valence-electron chi connectivity index (χ4n) is 2.06. The number of allylic oxidation sites excluding steroid dienone is 2. The van der Waals surface area contributed by atoms with Gasteiger partial charge in [-0.1, -0.05) is 35.9 Å². The number of nitrogens with one attached hydrogen (secondary N) is 1. The van der Waals surface area contributed by atoms with Crippen LogP contribution in [-0.4, -0.2) is 5.71 Å². The van der Waals surface area contributed by atoms with Gasteiger partial charge >= 0.3 is 0 Å². The van der Waals surface area contributed by atoms with Crippen LogP contribution in [0.1, 0.15) is 12.5 Å². The molecule has 0 spiro atoms. The van der Waals surface area contributed by atoms with Gasteiger partial charge in [-0.15, -0.1) is 0 Å². The lowest BCUT2D eigenvalue weighted by atomic mass is 10.1. The Bertz CT molecular complexity index is 669. The van der Waals surface area contributed by atoms with Crippen molar-refractivity contribution in [1.29, 1.82) is 0 Å². The summed E-state index contributed by atoms with van der Waals surface area (Å²) in [6.45, 7) is 2.04. The lowest BCUT2D eigenvalue weighted by molar-refractivity contribution is 1.39. The van der Waals surface area contributed by atoms with Crippen LogP contribution in [0.15, 0.2) is 65.3 Å². The smallest absolute Gasteiger partial charge is 0.0871 e. The van der Waals surface area contributed by atoms with Crippen molar-refractivity contribution < 1.29 is 0 Å². The number of nitrogens with zero attached hydrogens (tertiary/aromatic N) is 1. The molecule has 0 amide bonds. The van der Waals surface area contributed by atoms with Gasteiger partial charge in [0.15, 0.2) is 0 Å². The molecule has 0 bridgehead atoms. The second-order valence-electron chi connectivity index (χ2n) is 4.47. The summed E-state index contributed by atoms with van der Waals surface area (Å²) in [5.41, 5.74) is 5.04. The summed E-state index contributed by atoms with van der Waals surface area (Å²) in [4.78, 5) is 4.72. The van der Waals surface area contributed by atoms with Gasteiger partial charge in [0.2, 0.25) is 0 Å². The Hall–Kier alpha value is -2.06. The van der Waals surface area contributed by atoms with Crippen LogP contribution in [0.25, 0.3) is 0 Å². The molecule has 1 N–H and O–H groups in total. The maximum atomic E-state index is 5.92. The van der Waals surface area contributed by atoms with Gasteiger partial charge in [-0.3, -0.25) is 0 Å². The zero-order chi connectivity index (χ0) is 13.2. The van der Waals surface area contributed by atoms with Crippen LogP contribution in [0.5, 0.6) is 0 Å². The number of para-hydroxylation sites is 2. The molecule has 3 heteroatoms. The highest BCUT2D eigenvalue weighted by Gasteiger charge is 2.09. The molecule has 0 saturated heterocycles. The third kappa shape index (κ3) is 2.54. The quantitative estimate of drug-likeness (QED) is 0.790. The standard InChI is InChI=1S/C16H13ClN2/c1-11-10-16(12-6-8-13(17)9-7-12)19-15-5-3-2-4-14(15)18-11/h2-10,18H,1H3. The molecule has 0 fully saturated rings. The van der Waals surface area contributed by atoms with Gasteiger partial charge < -0.3 is 5.32 Å². The number of aliphatic imine (C=N–C) groups is 1. The van der Waals surface area contributed by atoms with Gasteiger partial charge in [0, 0.05) is 16.3 Å². The third-order valence-electron chi connectivity index (χ3n) is 2.97. The van der Waals surface area contributed by atoms with Crippen LogP contribution in [0.4, 0.5) is 11.4 Å². The van der Waals surface area contributed by atoms with Crippen LogP contribution in [-0.2, 0) is 0 Å². The SMILES string of the molecule is CC1=CC(c2ccc(Cl)cc2)=Nc2ccccc2N1. The first-order valence-electron chi connectivity index (χ1n) is 6.11. The fraction of sp³-hybridized carbons (Fsp3) is 0.0625. The van der Waals surface area contributed by atoms with Crippen LogP contribution in [0.2, 0.25) is 5.02 Å². The number of hydrogen-bond acceptors (Lipinski definition) is 2. The number of halogens is 1. The Labute approximate surface area is 117 Å².